The molecule has 1 saturated carbocycles. The lowest BCUT2D eigenvalue weighted by molar-refractivity contribution is -0.134. The lowest BCUT2D eigenvalue weighted by atomic mass is 9.84. The van der Waals surface area contributed by atoms with Crippen molar-refractivity contribution in [1.29, 1.82) is 0 Å². The number of ether oxygens (including phenoxy) is 2. The number of carbonyl (C=O) groups is 2. The Kier molecular flexibility index (Phi) is 4.50. The van der Waals surface area contributed by atoms with Gasteiger partial charge in [-0.1, -0.05) is 25.3 Å². The monoisotopic (exact) mass is 374 g/mol. The van der Waals surface area contributed by atoms with E-state index in [-0.39, 0.29) is 12.5 Å². The SMILES string of the molecule is C[C@]1(c2ccc3c(c2)OCCCO3)NC(=O)N(CC2(O)CCCCC2)C1=O. The Morgan fingerprint density at radius 1 is 1.07 bits per heavy atom. The molecule has 7 heteroatoms. The van der Waals surface area contributed by atoms with Gasteiger partial charge in [-0.25, -0.2) is 4.79 Å². The Morgan fingerprint density at radius 2 is 1.78 bits per heavy atom. The van der Waals surface area contributed by atoms with E-state index in [0.717, 1.165) is 30.6 Å². The minimum atomic E-state index is -1.19. The maximum Gasteiger partial charge on any atom is 0.325 e. The van der Waals surface area contributed by atoms with Crippen LogP contribution in [0, 0.1) is 0 Å². The van der Waals surface area contributed by atoms with Crippen LogP contribution in [-0.2, 0) is 10.3 Å². The highest BCUT2D eigenvalue weighted by atomic mass is 16.5. The summed E-state index contributed by atoms with van der Waals surface area (Å²) in [6.45, 7) is 2.87. The van der Waals surface area contributed by atoms with Crippen molar-refractivity contribution in [2.45, 2.75) is 56.6 Å². The van der Waals surface area contributed by atoms with Crippen molar-refractivity contribution in [3.8, 4) is 11.5 Å². The third-order valence-electron chi connectivity index (χ3n) is 5.84. The van der Waals surface area contributed by atoms with Crippen LogP contribution in [0.2, 0.25) is 0 Å². The van der Waals surface area contributed by atoms with Gasteiger partial charge < -0.3 is 19.9 Å². The van der Waals surface area contributed by atoms with Gasteiger partial charge >= 0.3 is 6.03 Å². The van der Waals surface area contributed by atoms with E-state index in [1.54, 1.807) is 25.1 Å². The third-order valence-corrected chi connectivity index (χ3v) is 5.84. The fourth-order valence-corrected chi connectivity index (χ4v) is 4.17. The van der Waals surface area contributed by atoms with Gasteiger partial charge in [-0.15, -0.1) is 0 Å². The summed E-state index contributed by atoms with van der Waals surface area (Å²) in [5, 5.41) is 13.6. The minimum absolute atomic E-state index is 0.0395. The van der Waals surface area contributed by atoms with Gasteiger partial charge in [0, 0.05) is 6.42 Å². The van der Waals surface area contributed by atoms with Crippen LogP contribution in [-0.4, -0.2) is 47.3 Å². The van der Waals surface area contributed by atoms with Crippen LogP contribution in [0.25, 0.3) is 0 Å². The number of carbonyl (C=O) groups excluding carboxylic acids is 2. The first-order chi connectivity index (χ1) is 12.9. The van der Waals surface area contributed by atoms with Gasteiger partial charge in [-0.05, 0) is 37.5 Å². The lowest BCUT2D eigenvalue weighted by Crippen LogP contribution is -2.48. The number of amides is 3. The highest BCUT2D eigenvalue weighted by Crippen LogP contribution is 2.38. The number of aliphatic hydroxyl groups is 1. The summed E-state index contributed by atoms with van der Waals surface area (Å²) in [5.74, 6) is 0.878. The quantitative estimate of drug-likeness (QED) is 0.793. The van der Waals surface area contributed by atoms with E-state index in [1.165, 1.54) is 0 Å². The molecular formula is C20H26N2O5. The van der Waals surface area contributed by atoms with Crippen molar-refractivity contribution < 1.29 is 24.2 Å². The Morgan fingerprint density at radius 3 is 2.52 bits per heavy atom. The highest BCUT2D eigenvalue weighted by Gasteiger charge is 2.51. The number of benzene rings is 1. The van der Waals surface area contributed by atoms with Crippen molar-refractivity contribution in [3.63, 3.8) is 0 Å². The lowest BCUT2D eigenvalue weighted by Gasteiger charge is -2.34. The normalized spacial score (nSPS) is 27.3. The molecular weight excluding hydrogens is 348 g/mol. The summed E-state index contributed by atoms with van der Waals surface area (Å²) >= 11 is 0. The van der Waals surface area contributed by atoms with Crippen molar-refractivity contribution in [1.82, 2.24) is 10.2 Å². The summed E-state index contributed by atoms with van der Waals surface area (Å²) < 4.78 is 11.4. The zero-order valence-corrected chi connectivity index (χ0v) is 15.6. The predicted octanol–water partition coefficient (Wildman–Crippen LogP) is 2.31. The Hall–Kier alpha value is -2.28. The van der Waals surface area contributed by atoms with Crippen LogP contribution in [0.4, 0.5) is 4.79 Å². The Labute approximate surface area is 158 Å². The molecule has 1 aromatic carbocycles. The maximum absolute atomic E-state index is 13.1. The molecule has 2 heterocycles. The Bertz CT molecular complexity index is 759. The number of imide groups is 1. The molecule has 0 aromatic heterocycles. The van der Waals surface area contributed by atoms with E-state index >= 15 is 0 Å². The minimum Gasteiger partial charge on any atom is -0.490 e. The molecule has 0 radical (unpaired) electrons. The van der Waals surface area contributed by atoms with E-state index in [1.807, 2.05) is 0 Å². The first kappa shape index (κ1) is 18.1. The van der Waals surface area contributed by atoms with E-state index < -0.39 is 17.2 Å². The van der Waals surface area contributed by atoms with Gasteiger partial charge in [-0.3, -0.25) is 9.69 Å². The second kappa shape index (κ2) is 6.71. The predicted molar refractivity (Wildman–Crippen MR) is 97.7 cm³/mol. The van der Waals surface area contributed by atoms with Crippen molar-refractivity contribution in [2.24, 2.45) is 0 Å². The first-order valence-corrected chi connectivity index (χ1v) is 9.68. The van der Waals surface area contributed by atoms with Gasteiger partial charge in [0.25, 0.3) is 5.91 Å². The fraction of sp³-hybridized carbons (Fsp3) is 0.600. The zero-order chi connectivity index (χ0) is 19.1. The number of β-amino-alcohol motifs (C(OH)–C–C–N with tert-alkyl or cyclic N) is 1. The number of rotatable bonds is 3. The van der Waals surface area contributed by atoms with E-state index in [2.05, 4.69) is 5.32 Å². The molecule has 0 bridgehead atoms. The summed E-state index contributed by atoms with van der Waals surface area (Å²) in [7, 11) is 0. The molecule has 4 rings (SSSR count). The summed E-state index contributed by atoms with van der Waals surface area (Å²) in [4.78, 5) is 26.9. The van der Waals surface area contributed by atoms with Gasteiger partial charge in [0.15, 0.2) is 11.5 Å². The molecule has 0 unspecified atom stereocenters. The van der Waals surface area contributed by atoms with Crippen LogP contribution in [0.3, 0.4) is 0 Å². The summed E-state index contributed by atoms with van der Waals surface area (Å²) in [6.07, 6.45) is 4.94. The van der Waals surface area contributed by atoms with E-state index in [9.17, 15) is 14.7 Å². The van der Waals surface area contributed by atoms with Crippen LogP contribution in [0.15, 0.2) is 18.2 Å². The molecule has 1 aliphatic carbocycles. The van der Waals surface area contributed by atoms with Crippen LogP contribution >= 0.6 is 0 Å². The maximum atomic E-state index is 13.1. The molecule has 0 spiro atoms. The third kappa shape index (κ3) is 3.25. The molecule has 2 aliphatic heterocycles. The molecule has 1 aromatic rings. The summed E-state index contributed by atoms with van der Waals surface area (Å²) in [5.41, 5.74) is -1.53. The largest absolute Gasteiger partial charge is 0.490 e. The molecule has 3 amide bonds. The molecule has 146 valence electrons. The van der Waals surface area contributed by atoms with Gasteiger partial charge in [0.05, 0.1) is 25.4 Å². The van der Waals surface area contributed by atoms with Gasteiger partial charge in [0.1, 0.15) is 5.54 Å². The fourth-order valence-electron chi connectivity index (χ4n) is 4.17. The average molecular weight is 374 g/mol. The molecule has 3 aliphatic rings. The molecule has 27 heavy (non-hydrogen) atoms. The van der Waals surface area contributed by atoms with Crippen LogP contribution in [0.1, 0.15) is 51.0 Å². The van der Waals surface area contributed by atoms with E-state index in [4.69, 9.17) is 9.47 Å². The van der Waals surface area contributed by atoms with Crippen molar-refractivity contribution >= 4 is 11.9 Å². The molecule has 7 nitrogen and oxygen atoms in total. The van der Waals surface area contributed by atoms with Crippen LogP contribution in [0.5, 0.6) is 11.5 Å². The van der Waals surface area contributed by atoms with Gasteiger partial charge in [0.2, 0.25) is 0 Å². The number of nitrogens with one attached hydrogen (secondary N) is 1. The zero-order valence-electron chi connectivity index (χ0n) is 15.6. The number of urea groups is 1. The van der Waals surface area contributed by atoms with Crippen molar-refractivity contribution in [2.75, 3.05) is 19.8 Å². The molecule has 1 atom stereocenters. The van der Waals surface area contributed by atoms with Crippen molar-refractivity contribution in [3.05, 3.63) is 23.8 Å². The number of hydrogen-bond donors (Lipinski definition) is 2. The second-order valence-electron chi connectivity index (χ2n) is 7.94. The molecule has 1 saturated heterocycles. The average Bonchev–Trinajstić information content (AvgIpc) is 2.83. The standard InChI is InChI=1S/C20H26N2O5/c1-19(14-6-7-15-16(12-14)27-11-5-10-26-15)17(23)22(18(24)21-19)13-20(25)8-3-2-4-9-20/h6-7,12,25H,2-5,8-11,13H2,1H3,(H,21,24)/t19-/m1/s1. The number of nitrogens with zero attached hydrogens (tertiary/aromatic N) is 1. The number of fused-ring (bicyclic) bond motifs is 1. The summed E-state index contributed by atoms with van der Waals surface area (Å²) in [6, 6.07) is 4.86. The van der Waals surface area contributed by atoms with Crippen LogP contribution < -0.4 is 14.8 Å². The molecule has 2 N–H and O–H groups in total. The second-order valence-corrected chi connectivity index (χ2v) is 7.94. The van der Waals surface area contributed by atoms with E-state index in [0.29, 0.717) is 43.1 Å². The topological polar surface area (TPSA) is 88.1 Å². The van der Waals surface area contributed by atoms with Gasteiger partial charge in [-0.2, -0.15) is 0 Å². The molecule has 2 fully saturated rings. The Balaban J connectivity index is 1.59. The highest BCUT2D eigenvalue weighted by molar-refractivity contribution is 6.07. The number of hydrogen-bond acceptors (Lipinski definition) is 5. The smallest absolute Gasteiger partial charge is 0.325 e. The first-order valence-electron chi connectivity index (χ1n) is 9.68.